The van der Waals surface area contributed by atoms with Gasteiger partial charge >= 0.3 is 5.97 Å². The average Bonchev–Trinajstić information content (AvgIpc) is 3.84. The van der Waals surface area contributed by atoms with Gasteiger partial charge in [0.05, 0.1) is 21.5 Å². The minimum atomic E-state index is -1.20. The number of aromatic carboxylic acids is 1. The Kier molecular flexibility index (Phi) is 6.96. The van der Waals surface area contributed by atoms with E-state index in [9.17, 15) is 14.7 Å². The highest BCUT2D eigenvalue weighted by Gasteiger charge is 2.44. The monoisotopic (exact) mass is 623 g/mol. The average molecular weight is 624 g/mol. The number of benzene rings is 3. The molecule has 1 aliphatic heterocycles. The summed E-state index contributed by atoms with van der Waals surface area (Å²) in [5.74, 6) is -0.931. The normalized spacial score (nSPS) is 16.8. The molecule has 228 valence electrons. The number of thiophene rings is 1. The lowest BCUT2D eigenvalue weighted by Gasteiger charge is -2.48. The van der Waals surface area contributed by atoms with E-state index in [-0.39, 0.29) is 17.5 Å². The van der Waals surface area contributed by atoms with Crippen LogP contribution in [0.2, 0.25) is 0 Å². The minimum absolute atomic E-state index is 0.177. The zero-order chi connectivity index (χ0) is 31.4. The quantitative estimate of drug-likeness (QED) is 0.182. The molecule has 0 amide bonds. The molecule has 0 spiro atoms. The molecule has 1 atom stereocenters. The standard InChI is InChI=1S/C39H33N3O3S/c1-25-22-41(39(26-11-5-2-6-12-26,27-13-7-3-8-14-27)28-15-9-4-10-16-28)24-35-31(25)21-34(46-35)33-20-19-30-36(43)32(38(44)45)23-42(29-17-18-29)37(30)40-33/h2-16,19-21,23,25,29H,17-18,22,24H2,1H3,(H,44,45). The molecule has 2 aliphatic rings. The van der Waals surface area contributed by atoms with Crippen LogP contribution in [0, 0.1) is 0 Å². The van der Waals surface area contributed by atoms with Crippen LogP contribution in [0.3, 0.4) is 0 Å². The predicted molar refractivity (Wildman–Crippen MR) is 183 cm³/mol. The molecule has 8 rings (SSSR count). The maximum absolute atomic E-state index is 13.1. The van der Waals surface area contributed by atoms with Crippen LogP contribution in [-0.4, -0.2) is 32.1 Å². The summed E-state index contributed by atoms with van der Waals surface area (Å²) in [6.45, 7) is 3.94. The summed E-state index contributed by atoms with van der Waals surface area (Å²) in [5.41, 5.74) is 5.22. The lowest BCUT2D eigenvalue weighted by atomic mass is 9.74. The van der Waals surface area contributed by atoms with Crippen LogP contribution in [0.4, 0.5) is 0 Å². The molecule has 0 saturated heterocycles. The molecule has 1 fully saturated rings. The van der Waals surface area contributed by atoms with E-state index in [1.54, 1.807) is 17.4 Å². The number of nitrogens with zero attached hydrogens (tertiary/aromatic N) is 3. The Morgan fingerprint density at radius 3 is 2.00 bits per heavy atom. The van der Waals surface area contributed by atoms with E-state index in [1.807, 2.05) is 10.6 Å². The lowest BCUT2D eigenvalue weighted by molar-refractivity contribution is 0.0695. The van der Waals surface area contributed by atoms with Crippen molar-refractivity contribution in [3.63, 3.8) is 0 Å². The number of hydrogen-bond donors (Lipinski definition) is 1. The van der Waals surface area contributed by atoms with Gasteiger partial charge in [-0.25, -0.2) is 9.78 Å². The molecule has 7 heteroatoms. The minimum Gasteiger partial charge on any atom is -0.477 e. The van der Waals surface area contributed by atoms with Crippen molar-refractivity contribution in [1.29, 1.82) is 0 Å². The van der Waals surface area contributed by atoms with E-state index >= 15 is 0 Å². The van der Waals surface area contributed by atoms with E-state index in [2.05, 4.69) is 109 Å². The zero-order valence-corrected chi connectivity index (χ0v) is 26.3. The fraction of sp³-hybridized carbons (Fsp3) is 0.205. The van der Waals surface area contributed by atoms with Gasteiger partial charge in [0.15, 0.2) is 0 Å². The number of pyridine rings is 2. The second-order valence-corrected chi connectivity index (χ2v) is 13.6. The van der Waals surface area contributed by atoms with Gasteiger partial charge in [-0.2, -0.15) is 0 Å². The Hall–Kier alpha value is -4.85. The van der Waals surface area contributed by atoms with E-state index in [4.69, 9.17) is 4.98 Å². The Labute approximate surface area is 271 Å². The van der Waals surface area contributed by atoms with Crippen molar-refractivity contribution < 1.29 is 9.90 Å². The summed E-state index contributed by atoms with van der Waals surface area (Å²) in [6, 6.07) is 38.5. The first-order chi connectivity index (χ1) is 22.4. The maximum atomic E-state index is 13.1. The second kappa shape index (κ2) is 11.2. The lowest BCUT2D eigenvalue weighted by Crippen LogP contribution is -2.50. The first-order valence-corrected chi connectivity index (χ1v) is 16.6. The van der Waals surface area contributed by atoms with E-state index in [1.165, 1.54) is 33.3 Å². The van der Waals surface area contributed by atoms with Crippen molar-refractivity contribution in [2.24, 2.45) is 0 Å². The maximum Gasteiger partial charge on any atom is 0.341 e. The molecule has 1 unspecified atom stereocenters. The highest BCUT2D eigenvalue weighted by Crippen LogP contribution is 2.48. The van der Waals surface area contributed by atoms with Gasteiger partial charge in [-0.15, -0.1) is 11.3 Å². The molecule has 0 bridgehead atoms. The van der Waals surface area contributed by atoms with Crippen molar-refractivity contribution in [1.82, 2.24) is 14.5 Å². The molecule has 4 heterocycles. The van der Waals surface area contributed by atoms with Crippen molar-refractivity contribution in [3.05, 3.63) is 158 Å². The molecule has 3 aromatic heterocycles. The highest BCUT2D eigenvalue weighted by atomic mass is 32.1. The zero-order valence-electron chi connectivity index (χ0n) is 25.5. The van der Waals surface area contributed by atoms with Crippen molar-refractivity contribution in [2.45, 2.75) is 43.8 Å². The molecule has 6 aromatic rings. The van der Waals surface area contributed by atoms with Crippen LogP contribution in [-0.2, 0) is 12.1 Å². The number of fused-ring (bicyclic) bond motifs is 2. The van der Waals surface area contributed by atoms with Gasteiger partial charge in [0, 0.05) is 30.2 Å². The molecular weight excluding hydrogens is 591 g/mol. The van der Waals surface area contributed by atoms with Crippen molar-refractivity contribution >= 4 is 28.3 Å². The Bertz CT molecular complexity index is 2040. The van der Waals surface area contributed by atoms with Crippen LogP contribution in [0.25, 0.3) is 21.6 Å². The fourth-order valence-corrected chi connectivity index (χ4v) is 8.53. The summed E-state index contributed by atoms with van der Waals surface area (Å²) < 4.78 is 1.90. The SMILES string of the molecule is CC1CN(C(c2ccccc2)(c2ccccc2)c2ccccc2)Cc2sc(-c3ccc4c(=O)c(C(=O)O)cn(C5CC5)c4n3)cc21. The van der Waals surface area contributed by atoms with E-state index in [0.29, 0.717) is 11.0 Å². The Morgan fingerprint density at radius 2 is 1.46 bits per heavy atom. The number of rotatable bonds is 7. The molecule has 3 aromatic carbocycles. The summed E-state index contributed by atoms with van der Waals surface area (Å²) in [5, 5.41) is 10.0. The topological polar surface area (TPSA) is 75.4 Å². The summed E-state index contributed by atoms with van der Waals surface area (Å²) in [4.78, 5) is 34.9. The number of hydrogen-bond acceptors (Lipinski definition) is 5. The van der Waals surface area contributed by atoms with Gasteiger partial charge in [-0.05, 0) is 59.2 Å². The molecule has 1 aliphatic carbocycles. The van der Waals surface area contributed by atoms with Crippen LogP contribution in [0.5, 0.6) is 0 Å². The van der Waals surface area contributed by atoms with Gasteiger partial charge in [0.25, 0.3) is 0 Å². The third kappa shape index (κ3) is 4.61. The summed E-state index contributed by atoms with van der Waals surface area (Å²) >= 11 is 1.76. The number of carboxylic acid groups (broad SMARTS) is 1. The Morgan fingerprint density at radius 1 is 0.870 bits per heavy atom. The molecule has 6 nitrogen and oxygen atoms in total. The Balaban J connectivity index is 1.25. The van der Waals surface area contributed by atoms with Gasteiger partial charge in [0.2, 0.25) is 5.43 Å². The predicted octanol–water partition coefficient (Wildman–Crippen LogP) is 8.07. The highest BCUT2D eigenvalue weighted by molar-refractivity contribution is 7.15. The molecular formula is C39H33N3O3S. The molecule has 0 radical (unpaired) electrons. The van der Waals surface area contributed by atoms with Gasteiger partial charge in [-0.1, -0.05) is 97.9 Å². The number of aromatic nitrogens is 2. The van der Waals surface area contributed by atoms with Crippen molar-refractivity contribution in [2.75, 3.05) is 6.54 Å². The van der Waals surface area contributed by atoms with E-state index < -0.39 is 16.9 Å². The number of carboxylic acids is 1. The largest absolute Gasteiger partial charge is 0.477 e. The van der Waals surface area contributed by atoms with Gasteiger partial charge in [0.1, 0.15) is 11.2 Å². The smallest absolute Gasteiger partial charge is 0.341 e. The van der Waals surface area contributed by atoms with Crippen molar-refractivity contribution in [3.8, 4) is 10.6 Å². The molecule has 46 heavy (non-hydrogen) atoms. The number of carbonyl (C=O) groups is 1. The molecule has 1 N–H and O–H groups in total. The second-order valence-electron chi connectivity index (χ2n) is 12.5. The molecule has 1 saturated carbocycles. The fourth-order valence-electron chi connectivity index (χ4n) is 7.26. The van der Waals surface area contributed by atoms with Crippen LogP contribution in [0.15, 0.2) is 120 Å². The van der Waals surface area contributed by atoms with Crippen LogP contribution >= 0.6 is 11.3 Å². The van der Waals surface area contributed by atoms with E-state index in [0.717, 1.165) is 36.5 Å². The van der Waals surface area contributed by atoms with Gasteiger partial charge < -0.3 is 9.67 Å². The summed E-state index contributed by atoms with van der Waals surface area (Å²) in [6.07, 6.45) is 3.39. The van der Waals surface area contributed by atoms with Crippen LogP contribution in [0.1, 0.15) is 69.2 Å². The third-order valence-electron chi connectivity index (χ3n) is 9.55. The first kappa shape index (κ1) is 28.6. The third-order valence-corrected chi connectivity index (χ3v) is 10.7. The van der Waals surface area contributed by atoms with Gasteiger partial charge in [-0.3, -0.25) is 9.69 Å². The summed E-state index contributed by atoms with van der Waals surface area (Å²) in [7, 11) is 0. The van der Waals surface area contributed by atoms with Crippen LogP contribution < -0.4 is 5.43 Å². The first-order valence-electron chi connectivity index (χ1n) is 15.8.